The lowest BCUT2D eigenvalue weighted by atomic mass is 10.0. The van der Waals surface area contributed by atoms with Crippen LogP contribution in [-0.2, 0) is 20.8 Å². The van der Waals surface area contributed by atoms with E-state index in [0.717, 1.165) is 17.7 Å². The van der Waals surface area contributed by atoms with Gasteiger partial charge < -0.3 is 15.5 Å². The van der Waals surface area contributed by atoms with Crippen LogP contribution in [0.3, 0.4) is 0 Å². The first-order chi connectivity index (χ1) is 13.4. The maximum atomic E-state index is 13.4. The molecule has 6 heteroatoms. The monoisotopic (exact) mass is 377 g/mol. The van der Waals surface area contributed by atoms with Gasteiger partial charge in [-0.1, -0.05) is 24.3 Å². The lowest BCUT2D eigenvalue weighted by Gasteiger charge is -2.27. The van der Waals surface area contributed by atoms with Crippen molar-refractivity contribution in [1.29, 1.82) is 0 Å². The Hall–Kier alpha value is -3.15. The third kappa shape index (κ3) is 3.15. The SMILES string of the molecule is CC(=O)Nc1cccc(NC(=O)C2(C(=O)N3c4ccccc4CC3C)CC2)c1. The maximum Gasteiger partial charge on any atom is 0.242 e. The van der Waals surface area contributed by atoms with Crippen molar-refractivity contribution in [1.82, 2.24) is 0 Å². The van der Waals surface area contributed by atoms with Gasteiger partial charge in [-0.2, -0.15) is 0 Å². The number of para-hydroxylation sites is 1. The normalized spacial score (nSPS) is 18.9. The summed E-state index contributed by atoms with van der Waals surface area (Å²) in [6, 6.07) is 14.8. The Bertz CT molecular complexity index is 965. The van der Waals surface area contributed by atoms with Gasteiger partial charge in [-0.3, -0.25) is 14.4 Å². The molecule has 1 aliphatic carbocycles. The molecule has 6 nitrogen and oxygen atoms in total. The standard InChI is InChI=1S/C22H23N3O3/c1-14-12-16-6-3-4-9-19(16)25(14)21(28)22(10-11-22)20(27)24-18-8-5-7-17(13-18)23-15(2)26/h3-9,13-14H,10-12H2,1-2H3,(H,23,26)(H,24,27). The van der Waals surface area contributed by atoms with Crippen LogP contribution in [0.2, 0.25) is 0 Å². The molecule has 2 N–H and O–H groups in total. The predicted molar refractivity (Wildman–Crippen MR) is 108 cm³/mol. The molecule has 0 bridgehead atoms. The minimum Gasteiger partial charge on any atom is -0.326 e. The van der Waals surface area contributed by atoms with Gasteiger partial charge in [0, 0.05) is 30.0 Å². The largest absolute Gasteiger partial charge is 0.326 e. The van der Waals surface area contributed by atoms with E-state index in [1.165, 1.54) is 6.92 Å². The van der Waals surface area contributed by atoms with Crippen LogP contribution in [0.5, 0.6) is 0 Å². The number of anilines is 3. The van der Waals surface area contributed by atoms with E-state index in [1.54, 1.807) is 29.2 Å². The van der Waals surface area contributed by atoms with Crippen LogP contribution in [0, 0.1) is 5.41 Å². The van der Waals surface area contributed by atoms with Crippen LogP contribution in [0.25, 0.3) is 0 Å². The van der Waals surface area contributed by atoms with E-state index >= 15 is 0 Å². The molecule has 1 aliphatic heterocycles. The Kier molecular flexibility index (Phi) is 4.41. The third-order valence-electron chi connectivity index (χ3n) is 5.46. The molecule has 2 aromatic carbocycles. The molecule has 0 spiro atoms. The molecule has 28 heavy (non-hydrogen) atoms. The fraction of sp³-hybridized carbons (Fsp3) is 0.318. The van der Waals surface area contributed by atoms with Gasteiger partial charge in [-0.25, -0.2) is 0 Å². The molecular weight excluding hydrogens is 354 g/mol. The number of carbonyl (C=O) groups is 3. The van der Waals surface area contributed by atoms with Gasteiger partial charge in [0.05, 0.1) is 0 Å². The molecule has 2 aromatic rings. The summed E-state index contributed by atoms with van der Waals surface area (Å²) < 4.78 is 0. The summed E-state index contributed by atoms with van der Waals surface area (Å²) in [4.78, 5) is 39.4. The van der Waals surface area contributed by atoms with Crippen LogP contribution in [0.15, 0.2) is 48.5 Å². The van der Waals surface area contributed by atoms with E-state index in [0.29, 0.717) is 24.2 Å². The Labute approximate surface area is 163 Å². The minimum absolute atomic E-state index is 0.0401. The quantitative estimate of drug-likeness (QED) is 0.802. The van der Waals surface area contributed by atoms with Crippen molar-refractivity contribution in [2.45, 2.75) is 39.2 Å². The summed E-state index contributed by atoms with van der Waals surface area (Å²) in [5.41, 5.74) is 2.21. The third-order valence-corrected chi connectivity index (χ3v) is 5.46. The van der Waals surface area contributed by atoms with Gasteiger partial charge in [0.1, 0.15) is 5.41 Å². The number of amides is 3. The lowest BCUT2D eigenvalue weighted by Crippen LogP contribution is -2.45. The number of benzene rings is 2. The van der Waals surface area contributed by atoms with Crippen LogP contribution in [0.1, 0.15) is 32.3 Å². The van der Waals surface area contributed by atoms with Gasteiger partial charge in [-0.15, -0.1) is 0 Å². The van der Waals surface area contributed by atoms with Gasteiger partial charge in [-0.05, 0) is 56.0 Å². The molecule has 1 atom stereocenters. The van der Waals surface area contributed by atoms with Gasteiger partial charge >= 0.3 is 0 Å². The van der Waals surface area contributed by atoms with E-state index in [4.69, 9.17) is 0 Å². The molecular formula is C22H23N3O3. The molecule has 0 radical (unpaired) electrons. The van der Waals surface area contributed by atoms with E-state index in [9.17, 15) is 14.4 Å². The molecule has 144 valence electrons. The zero-order valence-electron chi connectivity index (χ0n) is 16.0. The molecule has 4 rings (SSSR count). The highest BCUT2D eigenvalue weighted by Gasteiger charge is 2.59. The molecule has 1 saturated carbocycles. The zero-order chi connectivity index (χ0) is 19.9. The Morgan fingerprint density at radius 2 is 1.68 bits per heavy atom. The summed E-state index contributed by atoms with van der Waals surface area (Å²) in [5.74, 6) is -0.589. The van der Waals surface area contributed by atoms with E-state index in [1.807, 2.05) is 31.2 Å². The Balaban J connectivity index is 1.54. The average Bonchev–Trinajstić information content (AvgIpc) is 3.39. The highest BCUT2D eigenvalue weighted by Crippen LogP contribution is 2.50. The number of hydrogen-bond acceptors (Lipinski definition) is 3. The summed E-state index contributed by atoms with van der Waals surface area (Å²) in [5, 5.41) is 5.56. The molecule has 1 unspecified atom stereocenters. The minimum atomic E-state index is -1.00. The smallest absolute Gasteiger partial charge is 0.242 e. The Morgan fingerprint density at radius 3 is 2.36 bits per heavy atom. The molecule has 0 aromatic heterocycles. The summed E-state index contributed by atoms with van der Waals surface area (Å²) >= 11 is 0. The highest BCUT2D eigenvalue weighted by atomic mass is 16.2. The second-order valence-electron chi connectivity index (χ2n) is 7.66. The number of hydrogen-bond donors (Lipinski definition) is 2. The number of nitrogens with zero attached hydrogens (tertiary/aromatic N) is 1. The molecule has 3 amide bonds. The second kappa shape index (κ2) is 6.78. The summed E-state index contributed by atoms with van der Waals surface area (Å²) in [7, 11) is 0. The number of carbonyl (C=O) groups excluding carboxylic acids is 3. The first kappa shape index (κ1) is 18.2. The summed E-state index contributed by atoms with van der Waals surface area (Å²) in [6.07, 6.45) is 1.90. The maximum absolute atomic E-state index is 13.4. The average molecular weight is 377 g/mol. The molecule has 1 fully saturated rings. The summed E-state index contributed by atoms with van der Waals surface area (Å²) in [6.45, 7) is 3.45. The van der Waals surface area contributed by atoms with Crippen molar-refractivity contribution in [3.8, 4) is 0 Å². The van der Waals surface area contributed by atoms with Crippen LogP contribution in [0.4, 0.5) is 17.1 Å². The fourth-order valence-electron chi connectivity index (χ4n) is 3.90. The van der Waals surface area contributed by atoms with Crippen molar-refractivity contribution >= 4 is 34.8 Å². The second-order valence-corrected chi connectivity index (χ2v) is 7.66. The highest BCUT2D eigenvalue weighted by molar-refractivity contribution is 6.18. The van der Waals surface area contributed by atoms with Crippen molar-refractivity contribution in [2.75, 3.05) is 15.5 Å². The number of rotatable bonds is 4. The topological polar surface area (TPSA) is 78.5 Å². The molecule has 0 saturated heterocycles. The van der Waals surface area contributed by atoms with E-state index in [-0.39, 0.29) is 23.8 Å². The molecule has 1 heterocycles. The van der Waals surface area contributed by atoms with Crippen LogP contribution < -0.4 is 15.5 Å². The first-order valence-corrected chi connectivity index (χ1v) is 9.51. The number of fused-ring (bicyclic) bond motifs is 1. The Morgan fingerprint density at radius 1 is 1.00 bits per heavy atom. The van der Waals surface area contributed by atoms with Crippen molar-refractivity contribution in [3.63, 3.8) is 0 Å². The van der Waals surface area contributed by atoms with Gasteiger partial charge in [0.2, 0.25) is 17.7 Å². The van der Waals surface area contributed by atoms with Gasteiger partial charge in [0.15, 0.2) is 0 Å². The molecule has 2 aliphatic rings. The predicted octanol–water partition coefficient (Wildman–Crippen LogP) is 3.34. The van der Waals surface area contributed by atoms with E-state index < -0.39 is 5.41 Å². The first-order valence-electron chi connectivity index (χ1n) is 9.51. The fourth-order valence-corrected chi connectivity index (χ4v) is 3.90. The van der Waals surface area contributed by atoms with Crippen LogP contribution >= 0.6 is 0 Å². The van der Waals surface area contributed by atoms with Gasteiger partial charge in [0.25, 0.3) is 0 Å². The van der Waals surface area contributed by atoms with Crippen molar-refractivity contribution in [2.24, 2.45) is 5.41 Å². The lowest BCUT2D eigenvalue weighted by molar-refractivity contribution is -0.132. The van der Waals surface area contributed by atoms with Crippen LogP contribution in [-0.4, -0.2) is 23.8 Å². The zero-order valence-corrected chi connectivity index (χ0v) is 16.0. The van der Waals surface area contributed by atoms with Crippen molar-refractivity contribution < 1.29 is 14.4 Å². The van der Waals surface area contributed by atoms with Crippen molar-refractivity contribution in [3.05, 3.63) is 54.1 Å². The van der Waals surface area contributed by atoms with E-state index in [2.05, 4.69) is 10.6 Å². The number of nitrogens with one attached hydrogen (secondary N) is 2.